The van der Waals surface area contributed by atoms with Gasteiger partial charge < -0.3 is 0 Å². The molecule has 2 aliphatic rings. The van der Waals surface area contributed by atoms with Crippen LogP contribution in [0.25, 0.3) is 32.7 Å². The van der Waals surface area contributed by atoms with E-state index in [1.807, 2.05) is 0 Å². The minimum Gasteiger partial charge on any atom is -0.147 e. The van der Waals surface area contributed by atoms with Crippen molar-refractivity contribution in [2.75, 3.05) is 0 Å². The molecule has 216 valence electrons. The van der Waals surface area contributed by atoms with Gasteiger partial charge in [-0.25, -0.2) is 0 Å². The van der Waals surface area contributed by atoms with E-state index in [1.165, 1.54) is 49.4 Å². The van der Waals surface area contributed by atoms with Crippen molar-refractivity contribution in [1.82, 2.24) is 0 Å². The van der Waals surface area contributed by atoms with Gasteiger partial charge in [0.05, 0.1) is 0 Å². The van der Waals surface area contributed by atoms with E-state index in [4.69, 9.17) is 0 Å². The van der Waals surface area contributed by atoms with Crippen LogP contribution in [0.3, 0.4) is 0 Å². The smallest absolute Gasteiger partial charge is 0.147 e. The molecule has 0 spiro atoms. The Morgan fingerprint density at radius 1 is 0.591 bits per heavy atom. The molecule has 0 aliphatic heterocycles. The number of hydrogen-bond donors (Lipinski definition) is 0. The van der Waals surface area contributed by atoms with E-state index in [-0.39, 0.29) is 24.8 Å². The summed E-state index contributed by atoms with van der Waals surface area (Å²) in [4.78, 5) is 0. The van der Waals surface area contributed by atoms with Crippen LogP contribution in [0.5, 0.6) is 0 Å². The zero-order chi connectivity index (χ0) is 28.2. The second-order valence-electron chi connectivity index (χ2n) is 11.0. The Kier molecular flexibility index (Phi) is 9.44. The van der Waals surface area contributed by atoms with E-state index >= 15 is 0 Å². The molecule has 0 aromatic heterocycles. The van der Waals surface area contributed by atoms with Crippen molar-refractivity contribution in [3.8, 4) is 11.1 Å². The van der Waals surface area contributed by atoms with Crippen LogP contribution in [-0.2, 0) is 21.3 Å². The summed E-state index contributed by atoms with van der Waals surface area (Å²) in [6, 6.07) is 45.5. The zero-order valence-electron chi connectivity index (χ0n) is 23.6. The summed E-state index contributed by atoms with van der Waals surface area (Å²) in [7, 11) is 0. The van der Waals surface area contributed by atoms with Crippen LogP contribution in [0.1, 0.15) is 32.3 Å². The third-order valence-corrected chi connectivity index (χ3v) is 18.0. The molecule has 0 saturated heterocycles. The van der Waals surface area contributed by atoms with Gasteiger partial charge in [-0.05, 0) is 0 Å². The number of hydrogen-bond acceptors (Lipinski definition) is 0. The molecule has 6 aromatic carbocycles. The molecular weight excluding hydrogens is 790 g/mol. The Labute approximate surface area is 295 Å². The minimum absolute atomic E-state index is 0. The minimum atomic E-state index is -2.77. The van der Waals surface area contributed by atoms with Crippen LogP contribution in [0.4, 0.5) is 0 Å². The molecule has 1 atom stereocenters. The predicted molar refractivity (Wildman–Crippen MR) is 197 cm³/mol. The Balaban J connectivity index is 0.00000171. The molecule has 6 aromatic rings. The molecule has 2 aliphatic carbocycles. The van der Waals surface area contributed by atoms with Crippen molar-refractivity contribution in [3.63, 3.8) is 0 Å². The third kappa shape index (κ3) is 5.30. The van der Waals surface area contributed by atoms with Gasteiger partial charge in [0, 0.05) is 0 Å². The van der Waals surface area contributed by atoms with Gasteiger partial charge in [-0.15, -0.1) is 24.8 Å². The van der Waals surface area contributed by atoms with Gasteiger partial charge in [-0.2, -0.15) is 0 Å². The molecule has 0 radical (unpaired) electrons. The molecule has 0 saturated carbocycles. The van der Waals surface area contributed by atoms with Crippen molar-refractivity contribution < 1.29 is 21.3 Å². The van der Waals surface area contributed by atoms with Crippen molar-refractivity contribution in [2.24, 2.45) is 0 Å². The van der Waals surface area contributed by atoms with Crippen molar-refractivity contribution in [2.45, 2.75) is 10.0 Å². The fraction of sp³-hybridized carbons (Fsp3) is 0.0513. The first-order valence-electron chi connectivity index (χ1n) is 14.3. The Morgan fingerprint density at radius 2 is 1.11 bits per heavy atom. The maximum atomic E-state index is 3.70. The second-order valence-corrected chi connectivity index (χ2v) is 19.1. The average Bonchev–Trinajstić information content (AvgIpc) is 3.69. The van der Waals surface area contributed by atoms with Gasteiger partial charge in [0.2, 0.25) is 0 Å². The van der Waals surface area contributed by atoms with E-state index in [0.29, 0.717) is 3.63 Å². The van der Waals surface area contributed by atoms with Crippen LogP contribution in [0.15, 0.2) is 152 Å². The summed E-state index contributed by atoms with van der Waals surface area (Å²) in [5.74, 6) is 0. The van der Waals surface area contributed by atoms with Gasteiger partial charge >= 0.3 is 273 Å². The Hall–Kier alpha value is -2.39. The van der Waals surface area contributed by atoms with Gasteiger partial charge in [0.15, 0.2) is 0 Å². The van der Waals surface area contributed by atoms with Crippen molar-refractivity contribution in [1.29, 1.82) is 0 Å². The normalized spacial score (nSPS) is 14.4. The van der Waals surface area contributed by atoms with Gasteiger partial charge in [0.25, 0.3) is 0 Å². The van der Waals surface area contributed by atoms with E-state index < -0.39 is 21.3 Å². The van der Waals surface area contributed by atoms with Crippen LogP contribution in [0.2, 0.25) is 0 Å². The first-order valence-corrected chi connectivity index (χ1v) is 19.8. The third-order valence-electron chi connectivity index (χ3n) is 8.74. The standard InChI is InChI=1S/C21H13.C13H8Br2.C5H5.2ClH.Zr/c1-2-8-15-14(7-1)13-20-18-11-4-3-9-16(18)17-10-5-6-12-19(17)21(15)20;14-12-5-1-10(2-6-12)9-11-3-7-13(15)8-4-11;1-2-4-5-3-1;;;/h1-13H;1-8H;1-3H,4H2;2*1H;. The summed E-state index contributed by atoms with van der Waals surface area (Å²) in [6.07, 6.45) is 8.15. The molecule has 1 unspecified atom stereocenters. The quantitative estimate of drug-likeness (QED) is 0.156. The molecule has 8 rings (SSSR count). The number of halogens is 4. The fourth-order valence-electron chi connectivity index (χ4n) is 7.04. The topological polar surface area (TPSA) is 0 Å². The van der Waals surface area contributed by atoms with Gasteiger partial charge in [-0.3, -0.25) is 0 Å². The summed E-state index contributed by atoms with van der Waals surface area (Å²) < 4.78 is 5.81. The summed E-state index contributed by atoms with van der Waals surface area (Å²) in [5.41, 5.74) is 8.59. The summed E-state index contributed by atoms with van der Waals surface area (Å²) in [5, 5.41) is 5.48. The fourth-order valence-corrected chi connectivity index (χ4v) is 16.7. The maximum absolute atomic E-state index is 3.70. The van der Waals surface area contributed by atoms with Crippen molar-refractivity contribution in [3.05, 3.63) is 174 Å². The first kappa shape index (κ1) is 31.6. The van der Waals surface area contributed by atoms with E-state index in [2.05, 4.69) is 171 Å². The van der Waals surface area contributed by atoms with Crippen LogP contribution >= 0.6 is 56.7 Å². The maximum Gasteiger partial charge on any atom is -0.147 e. The second kappa shape index (κ2) is 13.2. The average molecular weight is 819 g/mol. The summed E-state index contributed by atoms with van der Waals surface area (Å²) >= 11 is 4.63. The zero-order valence-corrected chi connectivity index (χ0v) is 30.9. The number of rotatable bonds is 4. The molecular formula is C39H28Br2Cl2Zr. The largest absolute Gasteiger partial charge is 0.147 e. The van der Waals surface area contributed by atoms with Crippen LogP contribution in [0, 0.1) is 0 Å². The van der Waals surface area contributed by atoms with E-state index in [1.54, 1.807) is 12.1 Å². The monoisotopic (exact) mass is 814 g/mol. The molecule has 0 nitrogen and oxygen atoms in total. The van der Waals surface area contributed by atoms with Gasteiger partial charge in [-0.1, -0.05) is 0 Å². The number of allylic oxidation sites excluding steroid dienone is 4. The molecule has 0 N–H and O–H groups in total. The Morgan fingerprint density at radius 3 is 1.70 bits per heavy atom. The number of benzene rings is 6. The molecule has 0 bridgehead atoms. The molecule has 0 amide bonds. The molecule has 0 fully saturated rings. The summed E-state index contributed by atoms with van der Waals surface area (Å²) in [6.45, 7) is 0. The van der Waals surface area contributed by atoms with Crippen molar-refractivity contribution >= 4 is 81.4 Å². The van der Waals surface area contributed by atoms with Gasteiger partial charge in [0.1, 0.15) is 0 Å². The van der Waals surface area contributed by atoms with Crippen LogP contribution < -0.4 is 0 Å². The van der Waals surface area contributed by atoms with Crippen LogP contribution in [-0.4, -0.2) is 3.21 Å². The first-order chi connectivity index (χ1) is 20.7. The number of fused-ring (bicyclic) bond motifs is 8. The SMILES string of the molecule is Brc1ccc([C](c2ccc(Br)cc2)=[Zr]([C]2=CC=CC2)[CH]2c3ccccc3-c3c2c2ccccc2c2ccccc32)cc1.Cl.Cl. The van der Waals surface area contributed by atoms with E-state index in [0.717, 1.165) is 15.4 Å². The van der Waals surface area contributed by atoms with E-state index in [9.17, 15) is 0 Å². The Bertz CT molecular complexity index is 2080. The molecule has 44 heavy (non-hydrogen) atoms. The molecule has 5 heteroatoms. The predicted octanol–water partition coefficient (Wildman–Crippen LogP) is 12.2. The molecule has 0 heterocycles.